The lowest BCUT2D eigenvalue weighted by Crippen LogP contribution is -2.36. The summed E-state index contributed by atoms with van der Waals surface area (Å²) in [5.74, 6) is 0. The van der Waals surface area contributed by atoms with Gasteiger partial charge < -0.3 is 9.67 Å². The average molecular weight is 378 g/mol. The molecule has 120 valence electrons. The maximum absolute atomic E-state index is 12.7. The Labute approximate surface area is 140 Å². The fourth-order valence-corrected chi connectivity index (χ4v) is 3.29. The van der Waals surface area contributed by atoms with Crippen molar-refractivity contribution < 1.29 is 5.11 Å². The molecule has 0 atom stereocenters. The number of halogens is 1. The van der Waals surface area contributed by atoms with Gasteiger partial charge in [0.05, 0.1) is 23.2 Å². The molecule has 0 spiro atoms. The third-order valence-corrected chi connectivity index (χ3v) is 4.67. The van der Waals surface area contributed by atoms with Crippen LogP contribution in [0.4, 0.5) is 0 Å². The van der Waals surface area contributed by atoms with Gasteiger partial charge in [0.2, 0.25) is 0 Å². The van der Waals surface area contributed by atoms with E-state index in [-0.39, 0.29) is 17.9 Å². The first-order valence-corrected chi connectivity index (χ1v) is 7.91. The van der Waals surface area contributed by atoms with Gasteiger partial charge in [-0.2, -0.15) is 0 Å². The monoisotopic (exact) mass is 377 g/mol. The quantitative estimate of drug-likeness (QED) is 0.751. The number of aliphatic hydroxyl groups is 1. The molecule has 2 heterocycles. The molecule has 0 aliphatic heterocycles. The second-order valence-electron chi connectivity index (χ2n) is 5.34. The molecule has 0 saturated carbocycles. The second kappa shape index (κ2) is 5.82. The van der Waals surface area contributed by atoms with E-state index >= 15 is 0 Å². The number of hydrogen-bond acceptors (Lipinski definition) is 3. The molecule has 1 aromatic carbocycles. The van der Waals surface area contributed by atoms with E-state index < -0.39 is 0 Å². The molecule has 0 aliphatic rings. The zero-order valence-electron chi connectivity index (χ0n) is 12.8. The number of rotatable bonds is 3. The summed E-state index contributed by atoms with van der Waals surface area (Å²) in [6.07, 6.45) is 1.74. The van der Waals surface area contributed by atoms with E-state index in [2.05, 4.69) is 15.9 Å². The molecule has 0 aliphatic carbocycles. The summed E-state index contributed by atoms with van der Waals surface area (Å²) in [5.41, 5.74) is 1.37. The Bertz CT molecular complexity index is 1010. The lowest BCUT2D eigenvalue weighted by Gasteiger charge is -2.10. The highest BCUT2D eigenvalue weighted by atomic mass is 79.9. The molecular formula is C16H16BrN3O3. The van der Waals surface area contributed by atoms with Crippen LogP contribution in [0.25, 0.3) is 22.2 Å². The van der Waals surface area contributed by atoms with Crippen molar-refractivity contribution in [2.75, 3.05) is 6.61 Å². The lowest BCUT2D eigenvalue weighted by atomic mass is 10.1. The van der Waals surface area contributed by atoms with Gasteiger partial charge in [-0.25, -0.2) is 4.79 Å². The minimum Gasteiger partial charge on any atom is -0.395 e. The summed E-state index contributed by atoms with van der Waals surface area (Å²) in [4.78, 5) is 24.8. The van der Waals surface area contributed by atoms with Crippen LogP contribution >= 0.6 is 15.9 Å². The van der Waals surface area contributed by atoms with E-state index in [1.54, 1.807) is 13.2 Å². The Morgan fingerprint density at radius 2 is 1.83 bits per heavy atom. The van der Waals surface area contributed by atoms with Gasteiger partial charge in [-0.15, -0.1) is 0 Å². The van der Waals surface area contributed by atoms with Crippen molar-refractivity contribution in [2.45, 2.75) is 6.54 Å². The minimum atomic E-state index is -0.373. The number of aliphatic hydroxyl groups excluding tert-OH is 1. The van der Waals surface area contributed by atoms with Crippen LogP contribution in [-0.2, 0) is 20.6 Å². The summed E-state index contributed by atoms with van der Waals surface area (Å²) >= 11 is 3.51. The number of aromatic nitrogens is 3. The number of nitrogens with zero attached hydrogens (tertiary/aromatic N) is 3. The molecule has 0 bridgehead atoms. The van der Waals surface area contributed by atoms with Crippen molar-refractivity contribution in [2.24, 2.45) is 14.1 Å². The Morgan fingerprint density at radius 1 is 1.13 bits per heavy atom. The van der Waals surface area contributed by atoms with Gasteiger partial charge in [-0.1, -0.05) is 34.1 Å². The Kier molecular flexibility index (Phi) is 3.99. The number of aryl methyl sites for hydroxylation is 1. The van der Waals surface area contributed by atoms with E-state index in [9.17, 15) is 14.7 Å². The molecule has 3 rings (SSSR count). The van der Waals surface area contributed by atoms with E-state index in [0.29, 0.717) is 23.1 Å². The van der Waals surface area contributed by atoms with Crippen molar-refractivity contribution in [1.82, 2.24) is 13.7 Å². The maximum atomic E-state index is 12.7. The first-order chi connectivity index (χ1) is 11.0. The first-order valence-electron chi connectivity index (χ1n) is 7.12. The van der Waals surface area contributed by atoms with Crippen molar-refractivity contribution in [3.05, 3.63) is 55.8 Å². The van der Waals surface area contributed by atoms with E-state index in [1.165, 1.54) is 11.6 Å². The Morgan fingerprint density at radius 3 is 2.48 bits per heavy atom. The van der Waals surface area contributed by atoms with Crippen molar-refractivity contribution >= 4 is 26.8 Å². The predicted molar refractivity (Wildman–Crippen MR) is 92.6 cm³/mol. The third-order valence-electron chi connectivity index (χ3n) is 3.98. The van der Waals surface area contributed by atoms with Crippen LogP contribution in [0.3, 0.4) is 0 Å². The van der Waals surface area contributed by atoms with Gasteiger partial charge in [0.25, 0.3) is 5.56 Å². The highest BCUT2D eigenvalue weighted by Crippen LogP contribution is 2.33. The van der Waals surface area contributed by atoms with Gasteiger partial charge in [-0.05, 0) is 6.07 Å². The van der Waals surface area contributed by atoms with Crippen LogP contribution in [0, 0.1) is 0 Å². The normalized spacial score (nSPS) is 11.3. The van der Waals surface area contributed by atoms with E-state index in [1.807, 2.05) is 28.8 Å². The standard InChI is InChI=1S/C16H16BrN3O3/c1-18-12-9-20(7-8-21)14(10-5-3-4-6-11(10)17)13(12)15(22)19(2)16(18)23/h3-6,9,21H,7-8H2,1-2H3. The van der Waals surface area contributed by atoms with Crippen molar-refractivity contribution in [1.29, 1.82) is 0 Å². The number of fused-ring (bicyclic) bond motifs is 1. The fourth-order valence-electron chi connectivity index (χ4n) is 2.82. The Balaban J connectivity index is 2.54. The molecule has 3 aromatic rings. The van der Waals surface area contributed by atoms with Gasteiger partial charge >= 0.3 is 5.69 Å². The smallest absolute Gasteiger partial charge is 0.330 e. The summed E-state index contributed by atoms with van der Waals surface area (Å²) < 4.78 is 5.21. The lowest BCUT2D eigenvalue weighted by molar-refractivity contribution is 0.277. The molecular weight excluding hydrogens is 362 g/mol. The van der Waals surface area contributed by atoms with E-state index in [0.717, 1.165) is 14.6 Å². The molecule has 0 radical (unpaired) electrons. The average Bonchev–Trinajstić information content (AvgIpc) is 2.91. The second-order valence-corrected chi connectivity index (χ2v) is 6.19. The summed E-state index contributed by atoms with van der Waals surface area (Å²) in [6.45, 7) is 0.273. The highest BCUT2D eigenvalue weighted by molar-refractivity contribution is 9.10. The molecule has 0 amide bonds. The van der Waals surface area contributed by atoms with Gasteiger partial charge in [0.1, 0.15) is 0 Å². The summed E-state index contributed by atoms with van der Waals surface area (Å²) in [7, 11) is 3.11. The van der Waals surface area contributed by atoms with Crippen LogP contribution in [0.1, 0.15) is 0 Å². The first kappa shape index (κ1) is 15.8. The van der Waals surface area contributed by atoms with E-state index in [4.69, 9.17) is 0 Å². The zero-order chi connectivity index (χ0) is 16.7. The van der Waals surface area contributed by atoms with Gasteiger partial charge in [0.15, 0.2) is 0 Å². The zero-order valence-corrected chi connectivity index (χ0v) is 14.4. The van der Waals surface area contributed by atoms with Crippen LogP contribution in [0.2, 0.25) is 0 Å². The largest absolute Gasteiger partial charge is 0.395 e. The molecule has 2 aromatic heterocycles. The predicted octanol–water partition coefficient (Wildman–Crippen LogP) is 1.46. The molecule has 1 N–H and O–H groups in total. The molecule has 7 heteroatoms. The minimum absolute atomic E-state index is 0.0628. The Hall–Kier alpha value is -2.12. The van der Waals surface area contributed by atoms with Crippen LogP contribution in [-0.4, -0.2) is 25.4 Å². The van der Waals surface area contributed by atoms with Crippen LogP contribution < -0.4 is 11.2 Å². The van der Waals surface area contributed by atoms with Crippen molar-refractivity contribution in [3.63, 3.8) is 0 Å². The van der Waals surface area contributed by atoms with Crippen LogP contribution in [0.15, 0.2) is 44.5 Å². The molecule has 0 unspecified atom stereocenters. The molecule has 23 heavy (non-hydrogen) atoms. The van der Waals surface area contributed by atoms with Gasteiger partial charge in [-0.3, -0.25) is 13.9 Å². The van der Waals surface area contributed by atoms with Crippen molar-refractivity contribution in [3.8, 4) is 11.3 Å². The van der Waals surface area contributed by atoms with Crippen LogP contribution in [0.5, 0.6) is 0 Å². The topological polar surface area (TPSA) is 69.2 Å². The third kappa shape index (κ3) is 2.36. The molecule has 0 saturated heterocycles. The number of benzene rings is 1. The van der Waals surface area contributed by atoms with Gasteiger partial charge in [0, 0.05) is 36.9 Å². The molecule has 6 nitrogen and oxygen atoms in total. The SMILES string of the molecule is Cn1c(=O)c2c(-c3ccccc3Br)n(CCO)cc2n(C)c1=O. The summed E-state index contributed by atoms with van der Waals surface area (Å²) in [5, 5.41) is 9.82. The maximum Gasteiger partial charge on any atom is 0.330 e. The summed E-state index contributed by atoms with van der Waals surface area (Å²) in [6, 6.07) is 7.57. The number of hydrogen-bond donors (Lipinski definition) is 1. The fraction of sp³-hybridized carbons (Fsp3) is 0.250. The molecule has 0 fully saturated rings. The highest BCUT2D eigenvalue weighted by Gasteiger charge is 2.20.